The van der Waals surface area contributed by atoms with Gasteiger partial charge < -0.3 is 10.8 Å². The number of carbonyl (C=O) groups is 1. The number of halogens is 1. The highest BCUT2D eigenvalue weighted by Gasteiger charge is 1.94. The van der Waals surface area contributed by atoms with Gasteiger partial charge in [-0.1, -0.05) is 0 Å². The van der Waals surface area contributed by atoms with E-state index in [1.807, 2.05) is 0 Å². The number of aliphatic carboxylic acids is 1. The van der Waals surface area contributed by atoms with E-state index >= 15 is 0 Å². The van der Waals surface area contributed by atoms with Crippen molar-refractivity contribution in [3.8, 4) is 0 Å². The number of nitrogens with two attached hydrogens (primary N) is 1. The van der Waals surface area contributed by atoms with Crippen LogP contribution in [0.25, 0.3) is 0 Å². The van der Waals surface area contributed by atoms with Crippen LogP contribution in [0.4, 0.5) is 0 Å². The van der Waals surface area contributed by atoms with Crippen molar-refractivity contribution in [1.82, 2.24) is 0 Å². The molecule has 0 aromatic heterocycles. The van der Waals surface area contributed by atoms with Gasteiger partial charge in [0.1, 0.15) is 0 Å². The van der Waals surface area contributed by atoms with E-state index in [9.17, 15) is 4.79 Å². The molecule has 0 atom stereocenters. The average Bonchev–Trinajstić information content (AvgIpc) is 1.87. The lowest BCUT2D eigenvalue weighted by atomic mass is 10.3. The minimum atomic E-state index is -0.714. The summed E-state index contributed by atoms with van der Waals surface area (Å²) < 4.78 is 0. The van der Waals surface area contributed by atoms with Crippen LogP contribution < -0.4 is 5.73 Å². The first-order valence-corrected chi connectivity index (χ1v) is 4.42. The van der Waals surface area contributed by atoms with Gasteiger partial charge in [-0.2, -0.15) is 11.8 Å². The second-order valence-electron chi connectivity index (χ2n) is 1.90. The summed E-state index contributed by atoms with van der Waals surface area (Å²) in [5.41, 5.74) is 5.23. The van der Waals surface area contributed by atoms with Gasteiger partial charge in [0.15, 0.2) is 0 Å². The summed E-state index contributed by atoms with van der Waals surface area (Å²) in [5, 5.41) is 8.24. The van der Waals surface area contributed by atoms with Crippen molar-refractivity contribution in [1.29, 1.82) is 0 Å². The number of rotatable bonds is 6. The number of carboxylic acid groups (broad SMARTS) is 1. The maximum absolute atomic E-state index is 10.00. The molecule has 0 bridgehead atoms. The monoisotopic (exact) mass is 199 g/mol. The molecule has 0 spiro atoms. The molecule has 0 saturated carbocycles. The number of hydrogen-bond acceptors (Lipinski definition) is 3. The summed E-state index contributed by atoms with van der Waals surface area (Å²) in [4.78, 5) is 10.00. The molecule has 0 heterocycles. The third kappa shape index (κ3) is 13.1. The zero-order valence-corrected chi connectivity index (χ0v) is 7.92. The van der Waals surface area contributed by atoms with Crippen LogP contribution in [0.15, 0.2) is 0 Å². The Morgan fingerprint density at radius 2 is 2.09 bits per heavy atom. The fourth-order valence-corrected chi connectivity index (χ4v) is 1.23. The van der Waals surface area contributed by atoms with Crippen LogP contribution in [0.5, 0.6) is 0 Å². The summed E-state index contributed by atoms with van der Waals surface area (Å²) in [6, 6.07) is 0. The summed E-state index contributed by atoms with van der Waals surface area (Å²) in [6.07, 6.45) is 1.03. The van der Waals surface area contributed by atoms with Crippen molar-refractivity contribution < 1.29 is 9.90 Å². The van der Waals surface area contributed by atoms with Crippen molar-refractivity contribution >= 4 is 30.1 Å². The molecule has 0 rings (SSSR count). The maximum atomic E-state index is 10.00. The van der Waals surface area contributed by atoms with Crippen molar-refractivity contribution in [2.45, 2.75) is 12.8 Å². The second kappa shape index (κ2) is 10.1. The van der Waals surface area contributed by atoms with Gasteiger partial charge in [-0.15, -0.1) is 12.4 Å². The van der Waals surface area contributed by atoms with E-state index in [2.05, 4.69) is 0 Å². The predicted octanol–water partition coefficient (Wildman–Crippen LogP) is 0.965. The smallest absolute Gasteiger partial charge is 0.303 e. The molecule has 0 saturated heterocycles. The van der Waals surface area contributed by atoms with E-state index in [1.165, 1.54) is 0 Å². The molecule has 0 aliphatic rings. The van der Waals surface area contributed by atoms with Crippen LogP contribution in [-0.4, -0.2) is 29.1 Å². The highest BCUT2D eigenvalue weighted by molar-refractivity contribution is 7.99. The Hall–Kier alpha value is 0.0700. The Kier molecular flexibility index (Phi) is 12.5. The van der Waals surface area contributed by atoms with E-state index in [0.29, 0.717) is 6.54 Å². The lowest BCUT2D eigenvalue weighted by Gasteiger charge is -1.95. The Labute approximate surface area is 77.1 Å². The number of hydrogen-bond donors (Lipinski definition) is 2. The third-order valence-corrected chi connectivity index (χ3v) is 2.04. The van der Waals surface area contributed by atoms with Crippen molar-refractivity contribution in [3.05, 3.63) is 0 Å². The van der Waals surface area contributed by atoms with E-state index in [0.717, 1.165) is 17.9 Å². The van der Waals surface area contributed by atoms with Crippen molar-refractivity contribution in [2.75, 3.05) is 18.1 Å². The summed E-state index contributed by atoms with van der Waals surface area (Å²) >= 11 is 1.71. The summed E-state index contributed by atoms with van der Waals surface area (Å²) in [7, 11) is 0. The molecule has 5 heteroatoms. The SMILES string of the molecule is Cl.NCCSCCCC(=O)O. The van der Waals surface area contributed by atoms with Crippen LogP contribution in [0.3, 0.4) is 0 Å². The summed E-state index contributed by atoms with van der Waals surface area (Å²) in [5.74, 6) is 1.12. The van der Waals surface area contributed by atoms with Crippen LogP contribution in [0.1, 0.15) is 12.8 Å². The predicted molar refractivity (Wildman–Crippen MR) is 50.5 cm³/mol. The van der Waals surface area contributed by atoms with Gasteiger partial charge in [0.25, 0.3) is 0 Å². The molecule has 0 radical (unpaired) electrons. The molecule has 3 nitrogen and oxygen atoms in total. The molecule has 3 N–H and O–H groups in total. The first kappa shape index (κ1) is 13.6. The fourth-order valence-electron chi connectivity index (χ4n) is 0.511. The van der Waals surface area contributed by atoms with E-state index < -0.39 is 5.97 Å². The quantitative estimate of drug-likeness (QED) is 0.626. The Bertz CT molecular complexity index is 103. The van der Waals surface area contributed by atoms with E-state index in [1.54, 1.807) is 11.8 Å². The lowest BCUT2D eigenvalue weighted by molar-refractivity contribution is -0.137. The van der Waals surface area contributed by atoms with E-state index in [4.69, 9.17) is 10.8 Å². The van der Waals surface area contributed by atoms with Gasteiger partial charge in [0.05, 0.1) is 0 Å². The highest BCUT2D eigenvalue weighted by Crippen LogP contribution is 2.02. The molecule has 0 aliphatic heterocycles. The minimum absolute atomic E-state index is 0. The van der Waals surface area contributed by atoms with Crippen molar-refractivity contribution in [2.24, 2.45) is 5.73 Å². The van der Waals surface area contributed by atoms with E-state index in [-0.39, 0.29) is 18.8 Å². The molecule has 0 unspecified atom stereocenters. The normalized spacial score (nSPS) is 8.82. The number of carboxylic acids is 1. The minimum Gasteiger partial charge on any atom is -0.481 e. The second-order valence-corrected chi connectivity index (χ2v) is 3.12. The molecule has 0 aromatic rings. The number of thioether (sulfide) groups is 1. The molecule has 0 fully saturated rings. The molecule has 11 heavy (non-hydrogen) atoms. The van der Waals surface area contributed by atoms with Gasteiger partial charge in [0, 0.05) is 18.7 Å². The highest BCUT2D eigenvalue weighted by atomic mass is 35.5. The fraction of sp³-hybridized carbons (Fsp3) is 0.833. The summed E-state index contributed by atoms with van der Waals surface area (Å²) in [6.45, 7) is 0.678. The Morgan fingerprint density at radius 1 is 1.45 bits per heavy atom. The van der Waals surface area contributed by atoms with Gasteiger partial charge in [-0.25, -0.2) is 0 Å². The molecular formula is C6H14ClNO2S. The van der Waals surface area contributed by atoms with Crippen LogP contribution in [0, 0.1) is 0 Å². The van der Waals surface area contributed by atoms with Gasteiger partial charge in [-0.05, 0) is 12.2 Å². The molecule has 0 aliphatic carbocycles. The Morgan fingerprint density at radius 3 is 2.55 bits per heavy atom. The topological polar surface area (TPSA) is 63.3 Å². The average molecular weight is 200 g/mol. The van der Waals surface area contributed by atoms with Crippen molar-refractivity contribution in [3.63, 3.8) is 0 Å². The third-order valence-electron chi connectivity index (χ3n) is 0.942. The Balaban J connectivity index is 0. The van der Waals surface area contributed by atoms with Crippen LogP contribution in [-0.2, 0) is 4.79 Å². The first-order valence-electron chi connectivity index (χ1n) is 3.27. The standard InChI is InChI=1S/C6H13NO2S.ClH/c7-3-5-10-4-1-2-6(8)9;/h1-5,7H2,(H,8,9);1H. The molecule has 68 valence electrons. The van der Waals surface area contributed by atoms with Gasteiger partial charge in [-0.3, -0.25) is 4.79 Å². The van der Waals surface area contributed by atoms with Gasteiger partial charge >= 0.3 is 5.97 Å². The lowest BCUT2D eigenvalue weighted by Crippen LogP contribution is -2.02. The molecular weight excluding hydrogens is 186 g/mol. The zero-order chi connectivity index (χ0) is 7.82. The first-order chi connectivity index (χ1) is 4.77. The van der Waals surface area contributed by atoms with Crippen LogP contribution >= 0.6 is 24.2 Å². The largest absolute Gasteiger partial charge is 0.481 e. The molecule has 0 aromatic carbocycles. The maximum Gasteiger partial charge on any atom is 0.303 e. The zero-order valence-electron chi connectivity index (χ0n) is 6.28. The van der Waals surface area contributed by atoms with Gasteiger partial charge in [0.2, 0.25) is 0 Å². The molecule has 0 amide bonds. The van der Waals surface area contributed by atoms with Crippen LogP contribution in [0.2, 0.25) is 0 Å².